The van der Waals surface area contributed by atoms with Crippen molar-refractivity contribution in [2.24, 2.45) is 5.41 Å². The van der Waals surface area contributed by atoms with E-state index in [1.807, 2.05) is 0 Å². The highest BCUT2D eigenvalue weighted by Gasteiger charge is 2.41. The number of hydrogen-bond acceptors (Lipinski definition) is 5. The van der Waals surface area contributed by atoms with Crippen molar-refractivity contribution in [2.75, 3.05) is 26.9 Å². The molecule has 0 aliphatic carbocycles. The van der Waals surface area contributed by atoms with Gasteiger partial charge in [0.1, 0.15) is 5.56 Å². The molecular formula is C14H18N2O5. The maximum absolute atomic E-state index is 12.0. The molecule has 1 aromatic heterocycles. The van der Waals surface area contributed by atoms with Gasteiger partial charge in [-0.25, -0.2) is 0 Å². The zero-order chi connectivity index (χ0) is 15.3. The summed E-state index contributed by atoms with van der Waals surface area (Å²) in [6.07, 6.45) is 2.41. The van der Waals surface area contributed by atoms with Gasteiger partial charge in [0.15, 0.2) is 0 Å². The van der Waals surface area contributed by atoms with E-state index in [9.17, 15) is 14.4 Å². The third-order valence-electron chi connectivity index (χ3n) is 3.72. The molecule has 1 aliphatic heterocycles. The summed E-state index contributed by atoms with van der Waals surface area (Å²) in [6.45, 7) is 1.00. The molecule has 1 amide bonds. The lowest BCUT2D eigenvalue weighted by Gasteiger charge is -2.34. The molecule has 0 bridgehead atoms. The number of pyridine rings is 1. The highest BCUT2D eigenvalue weighted by atomic mass is 16.5. The fourth-order valence-electron chi connectivity index (χ4n) is 2.38. The topological polar surface area (TPSA) is 97.5 Å². The molecule has 0 spiro atoms. The molecule has 0 atom stereocenters. The van der Waals surface area contributed by atoms with Crippen molar-refractivity contribution in [1.29, 1.82) is 0 Å². The molecule has 21 heavy (non-hydrogen) atoms. The van der Waals surface area contributed by atoms with Gasteiger partial charge in [-0.15, -0.1) is 0 Å². The molecule has 0 radical (unpaired) electrons. The van der Waals surface area contributed by atoms with Crippen LogP contribution >= 0.6 is 0 Å². The molecular weight excluding hydrogens is 276 g/mol. The lowest BCUT2D eigenvalue weighted by Crippen LogP contribution is -2.47. The highest BCUT2D eigenvalue weighted by molar-refractivity contribution is 5.94. The van der Waals surface area contributed by atoms with E-state index in [1.165, 1.54) is 19.4 Å². The maximum Gasteiger partial charge on any atom is 0.313 e. The van der Waals surface area contributed by atoms with E-state index in [-0.39, 0.29) is 18.1 Å². The number of aromatic amines is 1. The summed E-state index contributed by atoms with van der Waals surface area (Å²) >= 11 is 0. The third-order valence-corrected chi connectivity index (χ3v) is 3.72. The van der Waals surface area contributed by atoms with Crippen LogP contribution < -0.4 is 10.9 Å². The number of nitrogens with one attached hydrogen (secondary N) is 2. The Morgan fingerprint density at radius 3 is 2.76 bits per heavy atom. The Bertz CT molecular complexity index is 575. The van der Waals surface area contributed by atoms with Gasteiger partial charge in [-0.2, -0.15) is 0 Å². The minimum Gasteiger partial charge on any atom is -0.469 e. The first-order chi connectivity index (χ1) is 10.1. The fraction of sp³-hybridized carbons (Fsp3) is 0.500. The number of H-pyrrole nitrogens is 1. The Labute approximate surface area is 121 Å². The molecule has 0 aromatic carbocycles. The van der Waals surface area contributed by atoms with Crippen molar-refractivity contribution in [3.63, 3.8) is 0 Å². The molecule has 1 saturated heterocycles. The van der Waals surface area contributed by atoms with E-state index >= 15 is 0 Å². The second-order valence-electron chi connectivity index (χ2n) is 4.98. The van der Waals surface area contributed by atoms with Crippen molar-refractivity contribution in [1.82, 2.24) is 10.3 Å². The largest absolute Gasteiger partial charge is 0.469 e. The lowest BCUT2D eigenvalue weighted by molar-refractivity contribution is -0.158. The number of aromatic nitrogens is 1. The van der Waals surface area contributed by atoms with E-state index in [0.717, 1.165) is 0 Å². The van der Waals surface area contributed by atoms with Crippen LogP contribution in [0.5, 0.6) is 0 Å². The van der Waals surface area contributed by atoms with E-state index in [4.69, 9.17) is 9.47 Å². The molecule has 1 fully saturated rings. The van der Waals surface area contributed by atoms with Gasteiger partial charge in [-0.1, -0.05) is 0 Å². The zero-order valence-electron chi connectivity index (χ0n) is 11.8. The Hall–Kier alpha value is -2.15. The number of hydrogen-bond donors (Lipinski definition) is 2. The number of ether oxygens (including phenoxy) is 2. The van der Waals surface area contributed by atoms with Gasteiger partial charge in [0, 0.05) is 26.0 Å². The van der Waals surface area contributed by atoms with E-state index in [1.54, 1.807) is 6.07 Å². The maximum atomic E-state index is 12.0. The number of methoxy groups -OCH3 is 1. The first-order valence-electron chi connectivity index (χ1n) is 6.71. The van der Waals surface area contributed by atoms with Crippen LogP contribution in [0.25, 0.3) is 0 Å². The molecule has 0 saturated carbocycles. The first-order valence-corrected chi connectivity index (χ1v) is 6.71. The van der Waals surface area contributed by atoms with Gasteiger partial charge in [0.05, 0.1) is 12.5 Å². The summed E-state index contributed by atoms with van der Waals surface area (Å²) in [4.78, 5) is 38.0. The van der Waals surface area contributed by atoms with Gasteiger partial charge >= 0.3 is 5.97 Å². The summed E-state index contributed by atoms with van der Waals surface area (Å²) in [6, 6.07) is 3.00. The van der Waals surface area contributed by atoms with Gasteiger partial charge in [-0.3, -0.25) is 14.4 Å². The van der Waals surface area contributed by atoms with Crippen LogP contribution in [0.3, 0.4) is 0 Å². The number of carbonyl (C=O) groups is 2. The second-order valence-corrected chi connectivity index (χ2v) is 4.98. The molecule has 1 aliphatic rings. The van der Waals surface area contributed by atoms with Crippen molar-refractivity contribution >= 4 is 11.9 Å². The van der Waals surface area contributed by atoms with Crippen LogP contribution in [-0.2, 0) is 14.3 Å². The summed E-state index contributed by atoms with van der Waals surface area (Å²) in [7, 11) is 1.32. The summed E-state index contributed by atoms with van der Waals surface area (Å²) in [5.41, 5.74) is -1.23. The van der Waals surface area contributed by atoms with Crippen molar-refractivity contribution in [3.05, 3.63) is 34.2 Å². The van der Waals surface area contributed by atoms with Gasteiger partial charge in [-0.05, 0) is 25.0 Å². The SMILES string of the molecule is COC(=O)C1(CNC(=O)c2ccc[nH]c2=O)CCOCC1. The van der Waals surface area contributed by atoms with E-state index in [0.29, 0.717) is 26.1 Å². The molecule has 2 heterocycles. The van der Waals surface area contributed by atoms with Crippen LogP contribution in [0.4, 0.5) is 0 Å². The Morgan fingerprint density at radius 2 is 2.14 bits per heavy atom. The minimum atomic E-state index is -0.787. The first kappa shape index (κ1) is 15.2. The highest BCUT2D eigenvalue weighted by Crippen LogP contribution is 2.31. The minimum absolute atomic E-state index is 0.0181. The Morgan fingerprint density at radius 1 is 1.43 bits per heavy atom. The summed E-state index contributed by atoms with van der Waals surface area (Å²) in [5, 5.41) is 2.65. The molecule has 2 N–H and O–H groups in total. The van der Waals surface area contributed by atoms with Crippen LogP contribution in [-0.4, -0.2) is 43.7 Å². The predicted octanol–water partition coefficient (Wildman–Crippen LogP) is 0.0745. The Kier molecular flexibility index (Phi) is 4.74. The lowest BCUT2D eigenvalue weighted by atomic mass is 9.80. The molecule has 7 nitrogen and oxygen atoms in total. The van der Waals surface area contributed by atoms with Crippen LogP contribution in [0.2, 0.25) is 0 Å². The number of carbonyl (C=O) groups excluding carboxylic acids is 2. The standard InChI is InChI=1S/C14H18N2O5/c1-20-13(19)14(4-7-21-8-5-14)9-16-12(18)10-3-2-6-15-11(10)17/h2-3,6H,4-5,7-9H2,1H3,(H,15,17)(H,16,18). The van der Waals surface area contributed by atoms with Crippen molar-refractivity contribution in [2.45, 2.75) is 12.8 Å². The molecule has 114 valence electrons. The van der Waals surface area contributed by atoms with Crippen LogP contribution in [0.1, 0.15) is 23.2 Å². The zero-order valence-corrected chi connectivity index (χ0v) is 11.8. The average Bonchev–Trinajstić information content (AvgIpc) is 2.53. The summed E-state index contributed by atoms with van der Waals surface area (Å²) < 4.78 is 10.1. The van der Waals surface area contributed by atoms with Gasteiger partial charge in [0.25, 0.3) is 11.5 Å². The number of rotatable bonds is 4. The van der Waals surface area contributed by atoms with Crippen LogP contribution in [0, 0.1) is 5.41 Å². The van der Waals surface area contributed by atoms with Crippen molar-refractivity contribution < 1.29 is 19.1 Å². The smallest absolute Gasteiger partial charge is 0.313 e. The Balaban J connectivity index is 2.09. The van der Waals surface area contributed by atoms with Gasteiger partial charge < -0.3 is 19.8 Å². The molecule has 7 heteroatoms. The summed E-state index contributed by atoms with van der Waals surface area (Å²) in [5.74, 6) is -0.875. The van der Waals surface area contributed by atoms with Gasteiger partial charge in [0.2, 0.25) is 0 Å². The van der Waals surface area contributed by atoms with E-state index in [2.05, 4.69) is 10.3 Å². The predicted molar refractivity (Wildman–Crippen MR) is 73.9 cm³/mol. The second kappa shape index (κ2) is 6.53. The van der Waals surface area contributed by atoms with Crippen LogP contribution in [0.15, 0.2) is 23.1 Å². The molecule has 0 unspecified atom stereocenters. The molecule has 2 rings (SSSR count). The average molecular weight is 294 g/mol. The van der Waals surface area contributed by atoms with Crippen molar-refractivity contribution in [3.8, 4) is 0 Å². The van der Waals surface area contributed by atoms with E-state index < -0.39 is 16.9 Å². The quantitative estimate of drug-likeness (QED) is 0.766. The fourth-order valence-corrected chi connectivity index (χ4v) is 2.38. The number of esters is 1. The monoisotopic (exact) mass is 294 g/mol. The normalized spacial score (nSPS) is 17.0. The molecule has 1 aromatic rings. The number of amides is 1. The third kappa shape index (κ3) is 3.30.